The first-order valence-electron chi connectivity index (χ1n) is 3.25. The van der Waals surface area contributed by atoms with Crippen LogP contribution in [0.5, 0.6) is 0 Å². The van der Waals surface area contributed by atoms with Crippen LogP contribution in [0, 0.1) is 0 Å². The summed E-state index contributed by atoms with van der Waals surface area (Å²) in [4.78, 5) is 12.6. The summed E-state index contributed by atoms with van der Waals surface area (Å²) < 4.78 is 0.201. The van der Waals surface area contributed by atoms with Crippen LogP contribution in [0.25, 0.3) is 0 Å². The van der Waals surface area contributed by atoms with Gasteiger partial charge in [0.05, 0.1) is 0 Å². The number of carbonyl (C=O) groups is 1. The van der Waals surface area contributed by atoms with Gasteiger partial charge in [-0.2, -0.15) is 0 Å². The van der Waals surface area contributed by atoms with Crippen molar-refractivity contribution in [2.45, 2.75) is 19.3 Å². The first-order valence-corrected chi connectivity index (χ1v) is 4.33. The van der Waals surface area contributed by atoms with Gasteiger partial charge in [-0.1, -0.05) is 0 Å². The van der Waals surface area contributed by atoms with Gasteiger partial charge in [0, 0.05) is 35.7 Å². The summed E-state index contributed by atoms with van der Waals surface area (Å²) in [5.41, 5.74) is 0. The van der Waals surface area contributed by atoms with E-state index < -0.39 is 0 Å². The SMILES string of the molecule is O=C(I)N1CCCCC1. The highest BCUT2D eigenvalue weighted by molar-refractivity contribution is 14.1. The maximum Gasteiger partial charge on any atom is 0.283 e. The van der Waals surface area contributed by atoms with Crippen LogP contribution in [-0.2, 0) is 0 Å². The Morgan fingerprint density at radius 3 is 2.11 bits per heavy atom. The molecule has 0 N–H and O–H groups in total. The summed E-state index contributed by atoms with van der Waals surface area (Å²) in [5, 5.41) is 0. The molecule has 1 heterocycles. The minimum Gasteiger partial charge on any atom is -0.334 e. The lowest BCUT2D eigenvalue weighted by molar-refractivity contribution is 0.214. The van der Waals surface area contributed by atoms with Crippen molar-refractivity contribution in [2.75, 3.05) is 13.1 Å². The van der Waals surface area contributed by atoms with E-state index in [-0.39, 0.29) is 3.91 Å². The van der Waals surface area contributed by atoms with Crippen molar-refractivity contribution in [1.82, 2.24) is 4.90 Å². The molecule has 0 aromatic heterocycles. The Balaban J connectivity index is 2.31. The Morgan fingerprint density at radius 2 is 1.78 bits per heavy atom. The van der Waals surface area contributed by atoms with E-state index in [2.05, 4.69) is 0 Å². The molecule has 0 aromatic rings. The average Bonchev–Trinajstić information content (AvgIpc) is 1.90. The molecule has 0 saturated carbocycles. The van der Waals surface area contributed by atoms with Crippen LogP contribution >= 0.6 is 22.6 Å². The fourth-order valence-electron chi connectivity index (χ4n) is 1.07. The van der Waals surface area contributed by atoms with Crippen molar-refractivity contribution in [1.29, 1.82) is 0 Å². The standard InChI is InChI=1S/C6H10INO/c7-6(9)8-4-2-1-3-5-8/h1-5H2. The quantitative estimate of drug-likeness (QED) is 0.360. The maximum atomic E-state index is 10.7. The molecule has 0 bridgehead atoms. The predicted octanol–water partition coefficient (Wildman–Crippen LogP) is 2.03. The summed E-state index contributed by atoms with van der Waals surface area (Å²) in [7, 11) is 0. The van der Waals surface area contributed by atoms with Crippen molar-refractivity contribution < 1.29 is 4.79 Å². The van der Waals surface area contributed by atoms with E-state index in [4.69, 9.17) is 0 Å². The van der Waals surface area contributed by atoms with Crippen LogP contribution in [0.2, 0.25) is 0 Å². The van der Waals surface area contributed by atoms with Gasteiger partial charge in [0.15, 0.2) is 0 Å². The lowest BCUT2D eigenvalue weighted by Crippen LogP contribution is -2.31. The number of likely N-dealkylation sites (tertiary alicyclic amines) is 1. The monoisotopic (exact) mass is 239 g/mol. The van der Waals surface area contributed by atoms with Crippen LogP contribution in [0.15, 0.2) is 0 Å². The zero-order chi connectivity index (χ0) is 6.69. The molecular weight excluding hydrogens is 229 g/mol. The second kappa shape index (κ2) is 3.39. The van der Waals surface area contributed by atoms with Crippen molar-refractivity contribution in [3.8, 4) is 0 Å². The molecule has 2 nitrogen and oxygen atoms in total. The van der Waals surface area contributed by atoms with E-state index in [1.165, 1.54) is 19.3 Å². The fraction of sp³-hybridized carbons (Fsp3) is 0.833. The second-order valence-electron chi connectivity index (χ2n) is 2.30. The normalized spacial score (nSPS) is 19.9. The van der Waals surface area contributed by atoms with Crippen LogP contribution < -0.4 is 0 Å². The molecule has 1 rings (SSSR count). The number of nitrogens with zero attached hydrogens (tertiary/aromatic N) is 1. The molecule has 1 aliphatic heterocycles. The van der Waals surface area contributed by atoms with Gasteiger partial charge in [-0.25, -0.2) is 0 Å². The third-order valence-corrected chi connectivity index (χ3v) is 2.29. The Kier molecular flexibility index (Phi) is 2.75. The zero-order valence-electron chi connectivity index (χ0n) is 5.27. The highest BCUT2D eigenvalue weighted by Crippen LogP contribution is 2.11. The highest BCUT2D eigenvalue weighted by atomic mass is 127. The van der Waals surface area contributed by atoms with Gasteiger partial charge < -0.3 is 4.90 Å². The number of halogens is 1. The van der Waals surface area contributed by atoms with Crippen LogP contribution in [0.3, 0.4) is 0 Å². The number of hydrogen-bond acceptors (Lipinski definition) is 1. The Hall–Kier alpha value is 0.200. The lowest BCUT2D eigenvalue weighted by Gasteiger charge is -2.23. The van der Waals surface area contributed by atoms with Gasteiger partial charge in [-0.3, -0.25) is 4.79 Å². The second-order valence-corrected chi connectivity index (χ2v) is 3.22. The Bertz CT molecular complexity index is 110. The molecule has 0 spiro atoms. The molecule has 0 radical (unpaired) electrons. The van der Waals surface area contributed by atoms with E-state index in [1.54, 1.807) is 0 Å². The van der Waals surface area contributed by atoms with E-state index in [0.717, 1.165) is 13.1 Å². The number of piperidine rings is 1. The van der Waals surface area contributed by atoms with Crippen LogP contribution in [0.4, 0.5) is 4.79 Å². The minimum atomic E-state index is 0.201. The highest BCUT2D eigenvalue weighted by Gasteiger charge is 2.12. The van der Waals surface area contributed by atoms with E-state index in [0.29, 0.717) is 0 Å². The molecule has 9 heavy (non-hydrogen) atoms. The van der Waals surface area contributed by atoms with Gasteiger partial charge in [0.25, 0.3) is 3.91 Å². The summed E-state index contributed by atoms with van der Waals surface area (Å²) in [5.74, 6) is 0. The predicted molar refractivity (Wildman–Crippen MR) is 44.8 cm³/mol. The number of carbonyl (C=O) groups excluding carboxylic acids is 1. The van der Waals surface area contributed by atoms with Gasteiger partial charge in [-0.15, -0.1) is 0 Å². The average molecular weight is 239 g/mol. The lowest BCUT2D eigenvalue weighted by atomic mass is 10.1. The van der Waals surface area contributed by atoms with Gasteiger partial charge >= 0.3 is 0 Å². The first kappa shape index (κ1) is 7.31. The molecule has 0 unspecified atom stereocenters. The van der Waals surface area contributed by atoms with Crippen molar-refractivity contribution >= 4 is 26.5 Å². The van der Waals surface area contributed by atoms with Crippen LogP contribution in [-0.4, -0.2) is 21.9 Å². The molecule has 0 aliphatic carbocycles. The number of rotatable bonds is 0. The summed E-state index contributed by atoms with van der Waals surface area (Å²) in [6.07, 6.45) is 3.67. The topological polar surface area (TPSA) is 20.3 Å². The number of hydrogen-bond donors (Lipinski definition) is 0. The smallest absolute Gasteiger partial charge is 0.283 e. The molecule has 0 aromatic carbocycles. The molecule has 3 heteroatoms. The van der Waals surface area contributed by atoms with Gasteiger partial charge in [0.1, 0.15) is 0 Å². The van der Waals surface area contributed by atoms with Crippen molar-refractivity contribution in [2.24, 2.45) is 0 Å². The summed E-state index contributed by atoms with van der Waals surface area (Å²) in [6, 6.07) is 0. The van der Waals surface area contributed by atoms with E-state index in [9.17, 15) is 4.79 Å². The molecule has 0 atom stereocenters. The van der Waals surface area contributed by atoms with E-state index >= 15 is 0 Å². The van der Waals surface area contributed by atoms with Crippen molar-refractivity contribution in [3.63, 3.8) is 0 Å². The molecule has 1 aliphatic rings. The molecule has 1 fully saturated rings. The molecule has 52 valence electrons. The number of amides is 1. The first-order chi connectivity index (χ1) is 4.30. The Morgan fingerprint density at radius 1 is 1.22 bits per heavy atom. The fourth-order valence-corrected chi connectivity index (χ4v) is 1.55. The minimum absolute atomic E-state index is 0.201. The van der Waals surface area contributed by atoms with Crippen LogP contribution in [0.1, 0.15) is 19.3 Å². The maximum absolute atomic E-state index is 10.7. The van der Waals surface area contributed by atoms with Gasteiger partial charge in [0.2, 0.25) is 0 Å². The summed E-state index contributed by atoms with van der Waals surface area (Å²) >= 11 is 1.85. The third kappa shape index (κ3) is 2.12. The summed E-state index contributed by atoms with van der Waals surface area (Å²) in [6.45, 7) is 1.95. The molecular formula is C6H10INO. The zero-order valence-corrected chi connectivity index (χ0v) is 7.43. The van der Waals surface area contributed by atoms with E-state index in [1.807, 2.05) is 27.5 Å². The Labute approximate surface area is 68.7 Å². The molecule has 1 saturated heterocycles. The third-order valence-electron chi connectivity index (χ3n) is 1.60. The van der Waals surface area contributed by atoms with Gasteiger partial charge in [-0.05, 0) is 19.3 Å². The molecule has 1 amide bonds. The largest absolute Gasteiger partial charge is 0.334 e. The van der Waals surface area contributed by atoms with Crippen molar-refractivity contribution in [3.05, 3.63) is 0 Å².